The first kappa shape index (κ1) is 20.8. The van der Waals surface area contributed by atoms with Crippen LogP contribution in [-0.4, -0.2) is 56.1 Å². The van der Waals surface area contributed by atoms with Crippen LogP contribution in [0.2, 0.25) is 0 Å². The van der Waals surface area contributed by atoms with Gasteiger partial charge in [0.25, 0.3) is 5.91 Å². The summed E-state index contributed by atoms with van der Waals surface area (Å²) in [6.07, 6.45) is 6.60. The summed E-state index contributed by atoms with van der Waals surface area (Å²) in [5.74, 6) is -0.330. The first-order valence-electron chi connectivity index (χ1n) is 9.67. The van der Waals surface area contributed by atoms with Gasteiger partial charge in [0.05, 0.1) is 0 Å². The molecule has 0 bridgehead atoms. The first-order valence-corrected chi connectivity index (χ1v) is 11.2. The molecule has 1 amide bonds. The van der Waals surface area contributed by atoms with E-state index >= 15 is 0 Å². The van der Waals surface area contributed by atoms with Gasteiger partial charge in [-0.05, 0) is 45.4 Å². The van der Waals surface area contributed by atoms with Crippen molar-refractivity contribution in [3.05, 3.63) is 11.5 Å². The lowest BCUT2D eigenvalue weighted by molar-refractivity contribution is -0.154. The Morgan fingerprint density at radius 2 is 1.93 bits per heavy atom. The van der Waals surface area contributed by atoms with E-state index in [0.717, 1.165) is 32.1 Å². The third-order valence-electron chi connectivity index (χ3n) is 5.56. The second kappa shape index (κ2) is 8.60. The van der Waals surface area contributed by atoms with Crippen LogP contribution in [0.4, 0.5) is 0 Å². The maximum absolute atomic E-state index is 12.5. The number of carbonyl (C=O) groups is 2. The van der Waals surface area contributed by atoms with E-state index in [1.54, 1.807) is 0 Å². The molecule has 0 unspecified atom stereocenters. The van der Waals surface area contributed by atoms with Crippen LogP contribution in [0.25, 0.3) is 0 Å². The van der Waals surface area contributed by atoms with Crippen molar-refractivity contribution in [3.63, 3.8) is 0 Å². The molecule has 1 aliphatic carbocycles. The number of piperidine rings is 1. The molecule has 2 heterocycles. The fraction of sp³-hybridized carbons (Fsp3) is 0.722. The summed E-state index contributed by atoms with van der Waals surface area (Å²) in [5, 5.41) is 3.59. The number of nitrogens with one attached hydrogen (secondary N) is 1. The molecule has 2 atom stereocenters. The van der Waals surface area contributed by atoms with Crippen molar-refractivity contribution in [2.45, 2.75) is 63.3 Å². The number of hydrogen-bond donors (Lipinski definition) is 1. The molecule has 9 nitrogen and oxygen atoms in total. The average Bonchev–Trinajstić information content (AvgIpc) is 3.03. The van der Waals surface area contributed by atoms with Gasteiger partial charge < -0.3 is 14.2 Å². The summed E-state index contributed by atoms with van der Waals surface area (Å²) < 4.78 is 36.6. The molecule has 1 aromatic rings. The Morgan fingerprint density at radius 1 is 1.21 bits per heavy atom. The molecule has 1 N–H and O–H groups in total. The lowest BCUT2D eigenvalue weighted by atomic mass is 9.78. The highest BCUT2D eigenvalue weighted by Crippen LogP contribution is 2.35. The fourth-order valence-electron chi connectivity index (χ4n) is 4.29. The van der Waals surface area contributed by atoms with Crippen molar-refractivity contribution in [1.82, 2.24) is 14.8 Å². The number of hydrogen-bond acceptors (Lipinski definition) is 7. The number of ether oxygens (including phenoxy) is 1. The number of aromatic nitrogens is 1. The van der Waals surface area contributed by atoms with Gasteiger partial charge in [0.2, 0.25) is 10.0 Å². The molecule has 1 aliphatic heterocycles. The van der Waals surface area contributed by atoms with Gasteiger partial charge in [-0.2, -0.15) is 4.72 Å². The molecule has 1 saturated heterocycles. The monoisotopic (exact) mass is 413 g/mol. The zero-order chi connectivity index (χ0) is 20.3. The number of amides is 1. The third kappa shape index (κ3) is 4.54. The summed E-state index contributed by atoms with van der Waals surface area (Å²) in [5.41, 5.74) is 0.209. The maximum Gasteiger partial charge on any atom is 0.321 e. The summed E-state index contributed by atoms with van der Waals surface area (Å²) in [7, 11) is -3.95. The Labute approximate surface area is 164 Å². The second-order valence-corrected chi connectivity index (χ2v) is 9.18. The highest BCUT2D eigenvalue weighted by Gasteiger charge is 2.35. The molecule has 0 aromatic carbocycles. The molecule has 0 spiro atoms. The van der Waals surface area contributed by atoms with Crippen LogP contribution in [0.1, 0.15) is 50.0 Å². The Kier molecular flexibility index (Phi) is 6.39. The number of esters is 1. The SMILES string of the molecule is Cc1noc(C)c1S(=O)(=O)NCC(=O)OCC(=O)N1CCC[C@@H]2CCCC[C@@H]21. The number of nitrogens with zero attached hydrogens (tertiary/aromatic N) is 2. The molecule has 28 heavy (non-hydrogen) atoms. The molecule has 2 fully saturated rings. The summed E-state index contributed by atoms with van der Waals surface area (Å²) in [6.45, 7) is 2.74. The van der Waals surface area contributed by atoms with Gasteiger partial charge in [-0.1, -0.05) is 18.0 Å². The van der Waals surface area contributed by atoms with Crippen LogP contribution in [0.3, 0.4) is 0 Å². The third-order valence-corrected chi connectivity index (χ3v) is 7.21. The Bertz CT molecular complexity index is 813. The van der Waals surface area contributed by atoms with Crippen molar-refractivity contribution >= 4 is 21.9 Å². The van der Waals surface area contributed by atoms with E-state index in [0.29, 0.717) is 12.5 Å². The number of fused-ring (bicyclic) bond motifs is 1. The minimum Gasteiger partial charge on any atom is -0.455 e. The standard InChI is InChI=1S/C18H27N3O6S/c1-12-18(13(2)27-20-12)28(24,25)19-10-17(23)26-11-16(22)21-9-5-7-14-6-3-4-8-15(14)21/h14-15,19H,3-11H2,1-2H3/t14-,15-/m0/s1. The topological polar surface area (TPSA) is 119 Å². The van der Waals surface area contributed by atoms with E-state index in [2.05, 4.69) is 9.88 Å². The molecule has 2 aliphatic rings. The van der Waals surface area contributed by atoms with Crippen molar-refractivity contribution in [3.8, 4) is 0 Å². The van der Waals surface area contributed by atoms with E-state index in [9.17, 15) is 18.0 Å². The molecular formula is C18H27N3O6S. The zero-order valence-corrected chi connectivity index (χ0v) is 17.1. The molecule has 1 saturated carbocycles. The highest BCUT2D eigenvalue weighted by atomic mass is 32.2. The molecule has 3 rings (SSSR count). The summed E-state index contributed by atoms with van der Waals surface area (Å²) in [4.78, 5) is 26.2. The predicted molar refractivity (Wildman–Crippen MR) is 98.8 cm³/mol. The van der Waals surface area contributed by atoms with Gasteiger partial charge in [0.15, 0.2) is 12.4 Å². The van der Waals surface area contributed by atoms with E-state index < -0.39 is 22.5 Å². The van der Waals surface area contributed by atoms with Gasteiger partial charge in [-0.3, -0.25) is 9.59 Å². The minimum absolute atomic E-state index is 0.0898. The number of rotatable bonds is 6. The van der Waals surface area contributed by atoms with Crippen molar-refractivity contribution in [2.75, 3.05) is 19.7 Å². The molecule has 10 heteroatoms. The van der Waals surface area contributed by atoms with Crippen LogP contribution >= 0.6 is 0 Å². The average molecular weight is 413 g/mol. The van der Waals surface area contributed by atoms with Gasteiger partial charge in [-0.15, -0.1) is 0 Å². The normalized spacial score (nSPS) is 22.6. The van der Waals surface area contributed by atoms with Gasteiger partial charge in [0.1, 0.15) is 17.1 Å². The smallest absolute Gasteiger partial charge is 0.321 e. The van der Waals surface area contributed by atoms with Gasteiger partial charge >= 0.3 is 5.97 Å². The predicted octanol–water partition coefficient (Wildman–Crippen LogP) is 1.29. The minimum atomic E-state index is -3.95. The second-order valence-electron chi connectivity index (χ2n) is 7.48. The van der Waals surface area contributed by atoms with Crippen LogP contribution in [0, 0.1) is 19.8 Å². The van der Waals surface area contributed by atoms with Crippen LogP contribution < -0.4 is 4.72 Å². The molecule has 1 aromatic heterocycles. The molecule has 156 valence electrons. The Morgan fingerprint density at radius 3 is 2.64 bits per heavy atom. The number of likely N-dealkylation sites (tertiary alicyclic amines) is 1. The Balaban J connectivity index is 1.49. The lowest BCUT2D eigenvalue weighted by Crippen LogP contribution is -2.51. The van der Waals surface area contributed by atoms with Gasteiger partial charge in [-0.25, -0.2) is 8.42 Å². The first-order chi connectivity index (χ1) is 13.3. The van der Waals surface area contributed by atoms with Crippen molar-refractivity contribution in [2.24, 2.45) is 5.92 Å². The number of aryl methyl sites for hydroxylation is 2. The van der Waals surface area contributed by atoms with Crippen LogP contribution in [-0.2, 0) is 24.3 Å². The largest absolute Gasteiger partial charge is 0.455 e. The van der Waals surface area contributed by atoms with Crippen molar-refractivity contribution in [1.29, 1.82) is 0 Å². The lowest BCUT2D eigenvalue weighted by Gasteiger charge is -2.44. The maximum atomic E-state index is 12.5. The van der Waals surface area contributed by atoms with E-state index in [1.165, 1.54) is 20.3 Å². The van der Waals surface area contributed by atoms with E-state index in [-0.39, 0.29) is 34.9 Å². The zero-order valence-electron chi connectivity index (χ0n) is 16.3. The summed E-state index contributed by atoms with van der Waals surface area (Å²) >= 11 is 0. The number of carbonyl (C=O) groups excluding carboxylic acids is 2. The fourth-order valence-corrected chi connectivity index (χ4v) is 5.59. The number of sulfonamides is 1. The van der Waals surface area contributed by atoms with E-state index in [4.69, 9.17) is 9.26 Å². The van der Waals surface area contributed by atoms with Crippen molar-refractivity contribution < 1.29 is 27.3 Å². The van der Waals surface area contributed by atoms with Crippen LogP contribution in [0.5, 0.6) is 0 Å². The quantitative estimate of drug-likeness (QED) is 0.698. The molecule has 0 radical (unpaired) electrons. The highest BCUT2D eigenvalue weighted by molar-refractivity contribution is 7.89. The van der Waals surface area contributed by atoms with E-state index in [1.807, 2.05) is 4.90 Å². The Hall–Kier alpha value is -1.94. The summed E-state index contributed by atoms with van der Waals surface area (Å²) in [6, 6.07) is 0.242. The van der Waals surface area contributed by atoms with Gasteiger partial charge in [0, 0.05) is 12.6 Å². The molecular weight excluding hydrogens is 386 g/mol. The van der Waals surface area contributed by atoms with Crippen LogP contribution in [0.15, 0.2) is 9.42 Å².